The van der Waals surface area contributed by atoms with Crippen molar-refractivity contribution in [2.75, 3.05) is 64.9 Å². The third-order valence-electron chi connectivity index (χ3n) is 1.85. The monoisotopic (exact) mass is 316 g/mol. The van der Waals surface area contributed by atoms with Crippen LogP contribution in [0.1, 0.15) is 6.92 Å². The molecular formula is C11H24O6S2. The van der Waals surface area contributed by atoms with E-state index in [-0.39, 0.29) is 0 Å². The van der Waals surface area contributed by atoms with Crippen LogP contribution in [0.3, 0.4) is 0 Å². The Labute approximate surface area is 119 Å². The van der Waals surface area contributed by atoms with Crippen LogP contribution in [0.4, 0.5) is 0 Å². The van der Waals surface area contributed by atoms with E-state index in [1.165, 1.54) is 6.26 Å². The summed E-state index contributed by atoms with van der Waals surface area (Å²) in [6.45, 7) is 6.25. The SMILES string of the molecule is CCOCCOCCOCCOCCSS(C)(=O)=O. The first-order valence-corrected chi connectivity index (χ1v) is 9.61. The molecule has 0 spiro atoms. The molecule has 0 amide bonds. The normalized spacial score (nSPS) is 11.9. The maximum absolute atomic E-state index is 10.8. The zero-order valence-electron chi connectivity index (χ0n) is 11.6. The van der Waals surface area contributed by atoms with Crippen molar-refractivity contribution in [1.29, 1.82) is 0 Å². The Balaban J connectivity index is 3.03. The van der Waals surface area contributed by atoms with Crippen molar-refractivity contribution in [3.63, 3.8) is 0 Å². The summed E-state index contributed by atoms with van der Waals surface area (Å²) in [5.74, 6) is 0.444. The molecule has 0 aliphatic carbocycles. The number of hydrogen-bond donors (Lipinski definition) is 0. The van der Waals surface area contributed by atoms with Crippen molar-refractivity contribution in [1.82, 2.24) is 0 Å². The van der Waals surface area contributed by atoms with Gasteiger partial charge in [0.25, 0.3) is 0 Å². The van der Waals surface area contributed by atoms with Crippen LogP contribution in [0, 0.1) is 0 Å². The fourth-order valence-corrected chi connectivity index (χ4v) is 2.65. The van der Waals surface area contributed by atoms with Gasteiger partial charge in [0.05, 0.1) is 46.2 Å². The van der Waals surface area contributed by atoms with Crippen LogP contribution >= 0.6 is 10.8 Å². The summed E-state index contributed by atoms with van der Waals surface area (Å²) in [5, 5.41) is 0. The predicted octanol–water partition coefficient (Wildman–Crippen LogP) is 0.765. The topological polar surface area (TPSA) is 71.1 Å². The molecule has 0 aromatic heterocycles. The van der Waals surface area contributed by atoms with Crippen molar-refractivity contribution in [3.8, 4) is 0 Å². The Morgan fingerprint density at radius 2 is 1.21 bits per heavy atom. The Morgan fingerprint density at radius 3 is 1.63 bits per heavy atom. The molecule has 0 rings (SSSR count). The second-order valence-corrected chi connectivity index (χ2v) is 8.14. The summed E-state index contributed by atoms with van der Waals surface area (Å²) in [7, 11) is -2.07. The van der Waals surface area contributed by atoms with Gasteiger partial charge in [-0.2, -0.15) is 0 Å². The van der Waals surface area contributed by atoms with Crippen LogP contribution in [0.5, 0.6) is 0 Å². The molecule has 19 heavy (non-hydrogen) atoms. The molecule has 0 fully saturated rings. The summed E-state index contributed by atoms with van der Waals surface area (Å²) in [6.07, 6.45) is 1.19. The van der Waals surface area contributed by atoms with E-state index in [4.69, 9.17) is 18.9 Å². The van der Waals surface area contributed by atoms with Gasteiger partial charge in [-0.15, -0.1) is 0 Å². The maximum Gasteiger partial charge on any atom is 0.198 e. The fourth-order valence-electron chi connectivity index (χ4n) is 1.05. The molecule has 0 saturated heterocycles. The molecule has 0 aliphatic heterocycles. The highest BCUT2D eigenvalue weighted by molar-refractivity contribution is 8.71. The minimum Gasteiger partial charge on any atom is -0.379 e. The Morgan fingerprint density at radius 1 is 0.789 bits per heavy atom. The lowest BCUT2D eigenvalue weighted by atomic mass is 10.7. The minimum absolute atomic E-state index is 0.409. The first-order valence-electron chi connectivity index (χ1n) is 6.21. The molecule has 116 valence electrons. The molecule has 0 atom stereocenters. The van der Waals surface area contributed by atoms with Gasteiger partial charge in [0.1, 0.15) is 0 Å². The third kappa shape index (κ3) is 18.1. The van der Waals surface area contributed by atoms with E-state index in [9.17, 15) is 8.42 Å². The first kappa shape index (κ1) is 19.1. The second-order valence-electron chi connectivity index (χ2n) is 3.56. The van der Waals surface area contributed by atoms with E-state index < -0.39 is 8.87 Å². The summed E-state index contributed by atoms with van der Waals surface area (Å²) < 4.78 is 42.4. The Hall–Kier alpha value is 0.140. The molecule has 6 nitrogen and oxygen atoms in total. The Kier molecular flexibility index (Phi) is 13.2. The van der Waals surface area contributed by atoms with E-state index in [0.29, 0.717) is 58.6 Å². The molecule has 0 aromatic rings. The summed E-state index contributed by atoms with van der Waals surface area (Å²) in [6, 6.07) is 0. The molecule has 0 N–H and O–H groups in total. The van der Waals surface area contributed by atoms with Gasteiger partial charge >= 0.3 is 0 Å². The molecule has 0 unspecified atom stereocenters. The predicted molar refractivity (Wildman–Crippen MR) is 76.3 cm³/mol. The van der Waals surface area contributed by atoms with Crippen LogP contribution < -0.4 is 0 Å². The van der Waals surface area contributed by atoms with Crippen LogP contribution in [-0.4, -0.2) is 73.3 Å². The molecule has 0 saturated carbocycles. The fraction of sp³-hybridized carbons (Fsp3) is 1.00. The standard InChI is InChI=1S/C11H24O6S2/c1-3-14-4-5-15-6-7-16-8-9-17-10-11-18-19(2,12)13/h3-11H2,1-2H3. The molecule has 0 bridgehead atoms. The molecule has 0 aromatic carbocycles. The highest BCUT2D eigenvalue weighted by Gasteiger charge is 2.01. The van der Waals surface area contributed by atoms with Crippen molar-refractivity contribution >= 4 is 19.7 Å². The summed E-state index contributed by atoms with van der Waals surface area (Å²) in [4.78, 5) is 0. The highest BCUT2D eigenvalue weighted by Crippen LogP contribution is 2.08. The van der Waals surface area contributed by atoms with Gasteiger partial charge in [-0.05, 0) is 17.7 Å². The third-order valence-corrected chi connectivity index (χ3v) is 4.39. The van der Waals surface area contributed by atoms with Gasteiger partial charge in [-0.3, -0.25) is 0 Å². The van der Waals surface area contributed by atoms with Crippen molar-refractivity contribution in [2.45, 2.75) is 6.92 Å². The lowest BCUT2D eigenvalue weighted by Gasteiger charge is -2.06. The molecule has 8 heteroatoms. The zero-order chi connectivity index (χ0) is 14.4. The molecule has 0 radical (unpaired) electrons. The number of hydrogen-bond acceptors (Lipinski definition) is 7. The smallest absolute Gasteiger partial charge is 0.198 e. The van der Waals surface area contributed by atoms with E-state index in [0.717, 1.165) is 10.8 Å². The molecular weight excluding hydrogens is 292 g/mol. The second kappa shape index (κ2) is 13.1. The Bertz CT molecular complexity index is 281. The summed E-state index contributed by atoms with van der Waals surface area (Å²) in [5.41, 5.74) is 0. The highest BCUT2D eigenvalue weighted by atomic mass is 33.1. The van der Waals surface area contributed by atoms with Crippen LogP contribution in [0.15, 0.2) is 0 Å². The number of ether oxygens (including phenoxy) is 4. The van der Waals surface area contributed by atoms with E-state index in [2.05, 4.69) is 0 Å². The van der Waals surface area contributed by atoms with Gasteiger partial charge < -0.3 is 18.9 Å². The first-order chi connectivity index (χ1) is 9.06. The summed E-state index contributed by atoms with van der Waals surface area (Å²) >= 11 is 0. The average Bonchev–Trinajstić information content (AvgIpc) is 2.34. The van der Waals surface area contributed by atoms with Crippen molar-refractivity contribution in [2.24, 2.45) is 0 Å². The van der Waals surface area contributed by atoms with Crippen molar-refractivity contribution < 1.29 is 27.4 Å². The van der Waals surface area contributed by atoms with Gasteiger partial charge in [-0.25, -0.2) is 8.42 Å². The zero-order valence-corrected chi connectivity index (χ0v) is 13.3. The lowest BCUT2D eigenvalue weighted by Crippen LogP contribution is -2.12. The molecule has 0 aliphatic rings. The largest absolute Gasteiger partial charge is 0.379 e. The van der Waals surface area contributed by atoms with Crippen LogP contribution in [-0.2, 0) is 27.8 Å². The van der Waals surface area contributed by atoms with Gasteiger partial charge in [-0.1, -0.05) is 0 Å². The van der Waals surface area contributed by atoms with Crippen molar-refractivity contribution in [3.05, 3.63) is 0 Å². The average molecular weight is 316 g/mol. The minimum atomic E-state index is -2.96. The quantitative estimate of drug-likeness (QED) is 0.346. The molecule has 0 heterocycles. The van der Waals surface area contributed by atoms with E-state index in [1.807, 2.05) is 6.92 Å². The van der Waals surface area contributed by atoms with Gasteiger partial charge in [0, 0.05) is 18.6 Å². The van der Waals surface area contributed by atoms with Crippen LogP contribution in [0.25, 0.3) is 0 Å². The lowest BCUT2D eigenvalue weighted by molar-refractivity contribution is 0.00121. The van der Waals surface area contributed by atoms with Crippen LogP contribution in [0.2, 0.25) is 0 Å². The van der Waals surface area contributed by atoms with Gasteiger partial charge in [0.15, 0.2) is 8.87 Å². The van der Waals surface area contributed by atoms with Gasteiger partial charge in [0.2, 0.25) is 0 Å². The maximum atomic E-state index is 10.8. The van der Waals surface area contributed by atoms with E-state index >= 15 is 0 Å². The van der Waals surface area contributed by atoms with E-state index in [1.54, 1.807) is 0 Å². The number of rotatable bonds is 14.